The molecule has 4 amide bonds. The fourth-order valence-electron chi connectivity index (χ4n) is 2.61. The van der Waals surface area contributed by atoms with Crippen molar-refractivity contribution in [2.75, 3.05) is 20.1 Å². The van der Waals surface area contributed by atoms with Gasteiger partial charge < -0.3 is 15.2 Å². The number of carbonyl (C=O) groups excluding carboxylic acids is 4. The Morgan fingerprint density at radius 3 is 2.48 bits per heavy atom. The van der Waals surface area contributed by atoms with E-state index in [1.807, 2.05) is 18.2 Å². The highest BCUT2D eigenvalue weighted by Crippen LogP contribution is 2.15. The Hall–Kier alpha value is -3.63. The number of guanidine groups is 1. The molecule has 11 nitrogen and oxygen atoms in total. The highest BCUT2D eigenvalue weighted by molar-refractivity contribution is 6.08. The lowest BCUT2D eigenvalue weighted by molar-refractivity contribution is -0.126. The van der Waals surface area contributed by atoms with Crippen molar-refractivity contribution in [2.45, 2.75) is 39.0 Å². The molecule has 0 aliphatic carbocycles. The lowest BCUT2D eigenvalue weighted by atomic mass is 10.2. The molecular weight excluding hydrogens is 406 g/mol. The van der Waals surface area contributed by atoms with Crippen molar-refractivity contribution in [3.8, 4) is 0 Å². The van der Waals surface area contributed by atoms with E-state index in [1.165, 1.54) is 7.05 Å². The van der Waals surface area contributed by atoms with Gasteiger partial charge in [-0.3, -0.25) is 19.8 Å². The van der Waals surface area contributed by atoms with E-state index < -0.39 is 42.2 Å². The quantitative estimate of drug-likeness (QED) is 0.704. The standard InChI is InChI=1S/C20H27N5O6/c1-20(2,3)31-19(29)25-11-14(16(27)23-17(25)22-10-15(21)26)24(4)18(28)30-12-13-8-6-5-7-9-13/h5-9,14H,10-12H2,1-4H3,(H2,21,26)(H,22,23,27). The molecule has 2 rings (SSSR count). The predicted molar refractivity (Wildman–Crippen MR) is 111 cm³/mol. The summed E-state index contributed by atoms with van der Waals surface area (Å²) in [5.41, 5.74) is 5.07. The summed E-state index contributed by atoms with van der Waals surface area (Å²) in [6.45, 7) is 4.39. The van der Waals surface area contributed by atoms with Gasteiger partial charge in [0.1, 0.15) is 24.8 Å². The maximum atomic E-state index is 12.6. The fraction of sp³-hybridized carbons (Fsp3) is 0.450. The molecular formula is C20H27N5O6. The van der Waals surface area contributed by atoms with Crippen LogP contribution in [0.4, 0.5) is 9.59 Å². The summed E-state index contributed by atoms with van der Waals surface area (Å²) in [5, 5.41) is 2.43. The summed E-state index contributed by atoms with van der Waals surface area (Å²) in [5.74, 6) is -1.52. The van der Waals surface area contributed by atoms with Crippen molar-refractivity contribution in [3.63, 3.8) is 0 Å². The Morgan fingerprint density at radius 1 is 1.26 bits per heavy atom. The van der Waals surface area contributed by atoms with Gasteiger partial charge in [0.25, 0.3) is 5.91 Å². The number of aliphatic imine (C=N–C) groups is 1. The predicted octanol–water partition coefficient (Wildman–Crippen LogP) is 0.832. The van der Waals surface area contributed by atoms with E-state index in [4.69, 9.17) is 15.2 Å². The van der Waals surface area contributed by atoms with Crippen LogP contribution in [0.1, 0.15) is 26.3 Å². The summed E-state index contributed by atoms with van der Waals surface area (Å²) < 4.78 is 10.6. The molecule has 1 aromatic rings. The van der Waals surface area contributed by atoms with Gasteiger partial charge in [0, 0.05) is 7.05 Å². The number of hydrogen-bond donors (Lipinski definition) is 2. The molecule has 1 saturated heterocycles. The van der Waals surface area contributed by atoms with E-state index in [0.717, 1.165) is 15.4 Å². The highest BCUT2D eigenvalue weighted by Gasteiger charge is 2.40. The fourth-order valence-corrected chi connectivity index (χ4v) is 2.61. The first kappa shape index (κ1) is 23.6. The van der Waals surface area contributed by atoms with Crippen molar-refractivity contribution in [1.82, 2.24) is 15.1 Å². The SMILES string of the molecule is CN(C(=O)OCc1ccccc1)C1CN(C(=O)OC(C)(C)C)C(=NCC(N)=O)NC1=O. The average Bonchev–Trinajstić information content (AvgIpc) is 2.69. The number of amides is 4. The largest absolute Gasteiger partial charge is 0.445 e. The lowest BCUT2D eigenvalue weighted by Gasteiger charge is -2.37. The summed E-state index contributed by atoms with van der Waals surface area (Å²) in [4.78, 5) is 54.8. The van der Waals surface area contributed by atoms with Crippen LogP contribution in [0.15, 0.2) is 35.3 Å². The normalized spacial score (nSPS) is 17.7. The van der Waals surface area contributed by atoms with Crippen molar-refractivity contribution in [3.05, 3.63) is 35.9 Å². The Morgan fingerprint density at radius 2 is 1.90 bits per heavy atom. The van der Waals surface area contributed by atoms with Crippen LogP contribution in [-0.2, 0) is 25.7 Å². The number of rotatable bonds is 5. The van der Waals surface area contributed by atoms with Crippen molar-refractivity contribution >= 4 is 30.0 Å². The van der Waals surface area contributed by atoms with E-state index in [-0.39, 0.29) is 19.1 Å². The van der Waals surface area contributed by atoms with E-state index in [0.29, 0.717) is 0 Å². The Kier molecular flexibility index (Phi) is 7.56. The molecule has 1 heterocycles. The third-order valence-corrected chi connectivity index (χ3v) is 4.11. The molecule has 0 bridgehead atoms. The van der Waals surface area contributed by atoms with Gasteiger partial charge in [0.05, 0.1) is 6.54 Å². The molecule has 0 saturated carbocycles. The minimum atomic E-state index is -1.07. The van der Waals surface area contributed by atoms with Crippen LogP contribution in [-0.4, -0.2) is 71.5 Å². The lowest BCUT2D eigenvalue weighted by Crippen LogP contribution is -2.64. The summed E-state index contributed by atoms with van der Waals surface area (Å²) in [7, 11) is 1.39. The number of nitrogens with one attached hydrogen (secondary N) is 1. The van der Waals surface area contributed by atoms with Gasteiger partial charge in [-0.2, -0.15) is 0 Å². The van der Waals surface area contributed by atoms with Gasteiger partial charge in [0.2, 0.25) is 11.9 Å². The molecule has 1 aliphatic rings. The molecule has 3 N–H and O–H groups in total. The smallest absolute Gasteiger partial charge is 0.417 e. The highest BCUT2D eigenvalue weighted by atomic mass is 16.6. The van der Waals surface area contributed by atoms with Crippen LogP contribution in [0.3, 0.4) is 0 Å². The van der Waals surface area contributed by atoms with Crippen molar-refractivity contribution in [1.29, 1.82) is 0 Å². The Balaban J connectivity index is 2.15. The third-order valence-electron chi connectivity index (χ3n) is 4.11. The molecule has 31 heavy (non-hydrogen) atoms. The first-order chi connectivity index (χ1) is 14.5. The minimum absolute atomic E-state index is 0.0272. The Labute approximate surface area is 180 Å². The maximum absolute atomic E-state index is 12.6. The third kappa shape index (κ3) is 6.98. The number of nitrogens with zero attached hydrogens (tertiary/aromatic N) is 3. The summed E-state index contributed by atoms with van der Waals surface area (Å²) in [6, 6.07) is 7.99. The van der Waals surface area contributed by atoms with Crippen LogP contribution in [0.25, 0.3) is 0 Å². The maximum Gasteiger partial charge on any atom is 0.417 e. The number of carbonyl (C=O) groups is 4. The second-order valence-corrected chi connectivity index (χ2v) is 7.85. The molecule has 0 spiro atoms. The number of hydrogen-bond acceptors (Lipinski definition) is 7. The number of ether oxygens (including phenoxy) is 2. The number of nitrogens with two attached hydrogens (primary N) is 1. The van der Waals surface area contributed by atoms with Crippen molar-refractivity contribution in [2.24, 2.45) is 10.7 Å². The number of benzene rings is 1. The van der Waals surface area contributed by atoms with E-state index in [9.17, 15) is 19.2 Å². The van der Waals surface area contributed by atoms with Crippen LogP contribution >= 0.6 is 0 Å². The van der Waals surface area contributed by atoms with E-state index in [2.05, 4.69) is 10.3 Å². The van der Waals surface area contributed by atoms with Gasteiger partial charge in [0.15, 0.2) is 0 Å². The zero-order valence-corrected chi connectivity index (χ0v) is 18.0. The van der Waals surface area contributed by atoms with Gasteiger partial charge in [-0.25, -0.2) is 19.5 Å². The molecule has 1 unspecified atom stereocenters. The zero-order chi connectivity index (χ0) is 23.2. The molecule has 1 aliphatic heterocycles. The van der Waals surface area contributed by atoms with Gasteiger partial charge in [-0.1, -0.05) is 30.3 Å². The molecule has 168 valence electrons. The molecule has 1 fully saturated rings. The van der Waals surface area contributed by atoms with Crippen LogP contribution in [0.5, 0.6) is 0 Å². The summed E-state index contributed by atoms with van der Waals surface area (Å²) in [6.07, 6.45) is -1.54. The van der Waals surface area contributed by atoms with Gasteiger partial charge in [-0.15, -0.1) is 0 Å². The topological polar surface area (TPSA) is 144 Å². The number of primary amides is 1. The van der Waals surface area contributed by atoms with Crippen LogP contribution in [0.2, 0.25) is 0 Å². The monoisotopic (exact) mass is 433 g/mol. The van der Waals surface area contributed by atoms with Crippen molar-refractivity contribution < 1.29 is 28.7 Å². The molecule has 11 heteroatoms. The van der Waals surface area contributed by atoms with Gasteiger partial charge in [-0.05, 0) is 26.3 Å². The second-order valence-electron chi connectivity index (χ2n) is 7.85. The van der Waals surface area contributed by atoms with Crippen LogP contribution in [0, 0.1) is 0 Å². The molecule has 0 radical (unpaired) electrons. The molecule has 0 aromatic heterocycles. The second kappa shape index (κ2) is 9.92. The minimum Gasteiger partial charge on any atom is -0.445 e. The zero-order valence-electron chi connectivity index (χ0n) is 18.0. The Bertz CT molecular complexity index is 865. The van der Waals surface area contributed by atoms with Gasteiger partial charge >= 0.3 is 12.2 Å². The van der Waals surface area contributed by atoms with E-state index >= 15 is 0 Å². The number of likely N-dealkylation sites (N-methyl/N-ethyl adjacent to an activating group) is 1. The molecule has 1 atom stereocenters. The average molecular weight is 433 g/mol. The summed E-state index contributed by atoms with van der Waals surface area (Å²) >= 11 is 0. The molecule has 1 aromatic carbocycles. The first-order valence-corrected chi connectivity index (χ1v) is 9.55. The first-order valence-electron chi connectivity index (χ1n) is 9.55. The van der Waals surface area contributed by atoms with E-state index in [1.54, 1.807) is 32.9 Å². The van der Waals surface area contributed by atoms with Crippen LogP contribution < -0.4 is 11.1 Å².